The van der Waals surface area contributed by atoms with E-state index in [0.29, 0.717) is 17.9 Å². The Kier molecular flexibility index (Phi) is 7.34. The number of nitrogens with zero attached hydrogens (tertiary/aromatic N) is 3. The molecule has 0 bridgehead atoms. The average molecular weight is 463 g/mol. The molecule has 2 aliphatic rings. The molecular weight excluding hydrogens is 428 g/mol. The van der Waals surface area contributed by atoms with Gasteiger partial charge < -0.3 is 19.9 Å². The van der Waals surface area contributed by atoms with Crippen molar-refractivity contribution in [2.75, 3.05) is 63.2 Å². The summed E-state index contributed by atoms with van der Waals surface area (Å²) < 4.78 is 5.12. The zero-order valence-corrected chi connectivity index (χ0v) is 20.6. The minimum absolute atomic E-state index is 0.219. The third-order valence-corrected chi connectivity index (χ3v) is 6.80. The van der Waals surface area contributed by atoms with Crippen molar-refractivity contribution in [1.82, 2.24) is 9.80 Å². The summed E-state index contributed by atoms with van der Waals surface area (Å²) in [6.07, 6.45) is 0. The van der Waals surface area contributed by atoms with Crippen LogP contribution in [0.4, 0.5) is 11.4 Å². The molecule has 1 fully saturated rings. The number of benzene rings is 2. The fourth-order valence-electron chi connectivity index (χ4n) is 4.46. The highest BCUT2D eigenvalue weighted by atomic mass is 16.5. The van der Waals surface area contributed by atoms with Crippen molar-refractivity contribution in [2.45, 2.75) is 20.8 Å². The number of imide groups is 1. The highest BCUT2D eigenvalue weighted by Crippen LogP contribution is 2.32. The zero-order chi connectivity index (χ0) is 24.2. The Labute approximate surface area is 202 Å². The maximum absolute atomic E-state index is 13.3. The molecule has 0 saturated carbocycles. The normalized spacial score (nSPS) is 17.2. The van der Waals surface area contributed by atoms with Gasteiger partial charge in [0, 0.05) is 44.7 Å². The first kappa shape index (κ1) is 24.0. The number of aryl methyl sites for hydroxylation is 2. The number of amides is 2. The van der Waals surface area contributed by atoms with Crippen molar-refractivity contribution in [1.29, 1.82) is 0 Å². The molecule has 2 amide bonds. The molecular formula is C27H34N4O3. The molecule has 4 rings (SSSR count). The van der Waals surface area contributed by atoms with E-state index in [2.05, 4.69) is 34.2 Å². The summed E-state index contributed by atoms with van der Waals surface area (Å²) in [5.74, 6) is -0.617. The first-order chi connectivity index (χ1) is 16.4. The van der Waals surface area contributed by atoms with Crippen LogP contribution in [0, 0.1) is 13.8 Å². The maximum atomic E-state index is 13.3. The monoisotopic (exact) mass is 462 g/mol. The largest absolute Gasteiger partial charge is 0.383 e. The zero-order valence-electron chi connectivity index (χ0n) is 20.6. The van der Waals surface area contributed by atoms with Gasteiger partial charge in [-0.25, -0.2) is 0 Å². The fraction of sp³-hybridized carbons (Fsp3) is 0.407. The molecule has 2 aliphatic heterocycles. The predicted octanol–water partition coefficient (Wildman–Crippen LogP) is 3.28. The third-order valence-electron chi connectivity index (χ3n) is 6.80. The SMILES string of the molecule is CCN1CCN(c2ccc(NC3=C(c4ccc(C)c(C)c4)C(=O)N(CCOC)C3=O)cc2)CC1. The lowest BCUT2D eigenvalue weighted by molar-refractivity contribution is -0.137. The summed E-state index contributed by atoms with van der Waals surface area (Å²) in [4.78, 5) is 32.6. The highest BCUT2D eigenvalue weighted by Gasteiger charge is 2.39. The highest BCUT2D eigenvalue weighted by molar-refractivity contribution is 6.36. The van der Waals surface area contributed by atoms with Crippen molar-refractivity contribution >= 4 is 28.8 Å². The lowest BCUT2D eigenvalue weighted by Gasteiger charge is -2.35. The molecule has 0 unspecified atom stereocenters. The quantitative estimate of drug-likeness (QED) is 0.608. The van der Waals surface area contributed by atoms with E-state index in [-0.39, 0.29) is 18.4 Å². The second-order valence-corrected chi connectivity index (χ2v) is 8.90. The number of carbonyl (C=O) groups excluding carboxylic acids is 2. The number of carbonyl (C=O) groups is 2. The van der Waals surface area contributed by atoms with Gasteiger partial charge in [0.1, 0.15) is 5.70 Å². The summed E-state index contributed by atoms with van der Waals surface area (Å²) >= 11 is 0. The number of hydrogen-bond acceptors (Lipinski definition) is 6. The van der Waals surface area contributed by atoms with Gasteiger partial charge in [0.2, 0.25) is 0 Å². The van der Waals surface area contributed by atoms with Gasteiger partial charge >= 0.3 is 0 Å². The third kappa shape index (κ3) is 4.86. The van der Waals surface area contributed by atoms with Crippen molar-refractivity contribution in [3.63, 3.8) is 0 Å². The van der Waals surface area contributed by atoms with Crippen molar-refractivity contribution in [3.05, 3.63) is 64.9 Å². The Hall–Kier alpha value is -3.16. The van der Waals surface area contributed by atoms with E-state index >= 15 is 0 Å². The number of methoxy groups -OCH3 is 1. The molecule has 0 atom stereocenters. The van der Waals surface area contributed by atoms with E-state index in [4.69, 9.17) is 4.74 Å². The van der Waals surface area contributed by atoms with Gasteiger partial charge in [-0.3, -0.25) is 14.5 Å². The van der Waals surface area contributed by atoms with Crippen LogP contribution in [0.15, 0.2) is 48.2 Å². The second-order valence-electron chi connectivity index (χ2n) is 8.90. The average Bonchev–Trinajstić information content (AvgIpc) is 3.08. The Bertz CT molecular complexity index is 1090. The number of anilines is 2. The van der Waals surface area contributed by atoms with Crippen LogP contribution >= 0.6 is 0 Å². The number of nitrogens with one attached hydrogen (secondary N) is 1. The van der Waals surface area contributed by atoms with E-state index in [1.54, 1.807) is 7.11 Å². The topological polar surface area (TPSA) is 65.1 Å². The number of likely N-dealkylation sites (N-methyl/N-ethyl adjacent to an activating group) is 1. The Morgan fingerprint density at radius 1 is 0.912 bits per heavy atom. The molecule has 1 N–H and O–H groups in total. The molecule has 0 spiro atoms. The van der Waals surface area contributed by atoms with Crippen LogP contribution in [-0.4, -0.2) is 74.6 Å². The smallest absolute Gasteiger partial charge is 0.278 e. The molecule has 0 aromatic heterocycles. The number of rotatable bonds is 8. The van der Waals surface area contributed by atoms with Crippen molar-refractivity contribution in [3.8, 4) is 0 Å². The van der Waals surface area contributed by atoms with Gasteiger partial charge in [-0.05, 0) is 61.3 Å². The van der Waals surface area contributed by atoms with Crippen molar-refractivity contribution < 1.29 is 14.3 Å². The van der Waals surface area contributed by atoms with Crippen LogP contribution < -0.4 is 10.2 Å². The van der Waals surface area contributed by atoms with Crippen LogP contribution in [0.1, 0.15) is 23.6 Å². The lowest BCUT2D eigenvalue weighted by atomic mass is 9.99. The fourth-order valence-corrected chi connectivity index (χ4v) is 4.46. The summed E-state index contributed by atoms with van der Waals surface area (Å²) in [6.45, 7) is 12.0. The molecule has 2 aromatic rings. The summed E-state index contributed by atoms with van der Waals surface area (Å²) in [7, 11) is 1.56. The van der Waals surface area contributed by atoms with E-state index in [9.17, 15) is 9.59 Å². The van der Waals surface area contributed by atoms with Gasteiger partial charge in [-0.2, -0.15) is 0 Å². The number of ether oxygens (including phenoxy) is 1. The molecule has 2 aromatic carbocycles. The van der Waals surface area contributed by atoms with Crippen LogP contribution in [0.5, 0.6) is 0 Å². The standard InChI is InChI=1S/C27H34N4O3/c1-5-29-12-14-30(15-13-29)23-10-8-22(9-11-23)28-25-24(21-7-6-19(2)20(3)18-21)26(32)31(27(25)33)16-17-34-4/h6-11,18,28H,5,12-17H2,1-4H3. The molecule has 0 radical (unpaired) electrons. The predicted molar refractivity (Wildman–Crippen MR) is 136 cm³/mol. The first-order valence-corrected chi connectivity index (χ1v) is 11.9. The number of hydrogen-bond donors (Lipinski definition) is 1. The lowest BCUT2D eigenvalue weighted by Crippen LogP contribution is -2.46. The van der Waals surface area contributed by atoms with E-state index < -0.39 is 0 Å². The van der Waals surface area contributed by atoms with Gasteiger partial charge in [0.05, 0.1) is 18.7 Å². The van der Waals surface area contributed by atoms with Crippen LogP contribution in [0.2, 0.25) is 0 Å². The van der Waals surface area contributed by atoms with Crippen LogP contribution in [0.3, 0.4) is 0 Å². The van der Waals surface area contributed by atoms with E-state index in [1.165, 1.54) is 10.6 Å². The van der Waals surface area contributed by atoms with Crippen molar-refractivity contribution in [2.24, 2.45) is 0 Å². The first-order valence-electron chi connectivity index (χ1n) is 11.9. The molecule has 34 heavy (non-hydrogen) atoms. The van der Waals surface area contributed by atoms with Gasteiger partial charge in [-0.1, -0.05) is 25.1 Å². The second kappa shape index (κ2) is 10.4. The van der Waals surface area contributed by atoms with Gasteiger partial charge in [0.15, 0.2) is 0 Å². The molecule has 180 valence electrons. The van der Waals surface area contributed by atoms with Gasteiger partial charge in [0.25, 0.3) is 11.8 Å². The summed E-state index contributed by atoms with van der Waals surface area (Å²) in [6, 6.07) is 14.0. The minimum Gasteiger partial charge on any atom is -0.383 e. The molecule has 1 saturated heterocycles. The van der Waals surface area contributed by atoms with Crippen LogP contribution in [-0.2, 0) is 14.3 Å². The number of piperazine rings is 1. The van der Waals surface area contributed by atoms with Gasteiger partial charge in [-0.15, -0.1) is 0 Å². The molecule has 7 heteroatoms. The van der Waals surface area contributed by atoms with Crippen LogP contribution in [0.25, 0.3) is 5.57 Å². The van der Waals surface area contributed by atoms with E-state index in [1.807, 2.05) is 44.2 Å². The Morgan fingerprint density at radius 3 is 2.24 bits per heavy atom. The maximum Gasteiger partial charge on any atom is 0.278 e. The van der Waals surface area contributed by atoms with E-state index in [0.717, 1.165) is 55.1 Å². The molecule has 7 nitrogen and oxygen atoms in total. The molecule has 0 aliphatic carbocycles. The Morgan fingerprint density at radius 2 is 1.62 bits per heavy atom. The Balaban J connectivity index is 1.60. The summed E-state index contributed by atoms with van der Waals surface area (Å²) in [5, 5.41) is 3.26. The minimum atomic E-state index is -0.324. The summed E-state index contributed by atoms with van der Waals surface area (Å²) in [5.41, 5.74) is 5.63. The molecule has 2 heterocycles.